The lowest BCUT2D eigenvalue weighted by atomic mass is 9.50. The molecule has 0 spiro atoms. The SMILES string of the molecule is C[C@@]12CC[C@H]3c4cccc(O)c4CC[C@H]3[C@H]1CCCC2=O. The third-order valence-electron chi connectivity index (χ3n) is 6.70. The van der Waals surface area contributed by atoms with Gasteiger partial charge in [0.05, 0.1) is 0 Å². The second-order valence-electron chi connectivity index (χ2n) is 7.53. The Morgan fingerprint density at radius 1 is 1.19 bits per heavy atom. The molecule has 0 bridgehead atoms. The maximum atomic E-state index is 12.5. The number of fused-ring (bicyclic) bond motifs is 5. The zero-order valence-corrected chi connectivity index (χ0v) is 12.8. The summed E-state index contributed by atoms with van der Waals surface area (Å²) < 4.78 is 0. The van der Waals surface area contributed by atoms with E-state index in [0.717, 1.165) is 38.5 Å². The van der Waals surface area contributed by atoms with Crippen molar-refractivity contribution in [3.8, 4) is 5.75 Å². The molecule has 2 saturated carbocycles. The van der Waals surface area contributed by atoms with Crippen molar-refractivity contribution in [3.63, 3.8) is 0 Å². The van der Waals surface area contributed by atoms with E-state index < -0.39 is 0 Å². The Morgan fingerprint density at radius 2 is 2.05 bits per heavy atom. The fourth-order valence-electron chi connectivity index (χ4n) is 5.57. The highest BCUT2D eigenvalue weighted by atomic mass is 16.3. The average molecular weight is 284 g/mol. The third kappa shape index (κ3) is 1.81. The highest BCUT2D eigenvalue weighted by Crippen LogP contribution is 2.58. The third-order valence-corrected chi connectivity index (χ3v) is 6.70. The number of hydrogen-bond donors (Lipinski definition) is 1. The van der Waals surface area contributed by atoms with Crippen molar-refractivity contribution in [3.05, 3.63) is 29.3 Å². The standard InChI is InChI=1S/C19H24O2/c1-19-11-10-13-12-4-2-6-17(20)15(12)9-8-14(13)16(19)5-3-7-18(19)21/h2,4,6,13-14,16,20H,3,5,7-11H2,1H3/t13-,14+,16+,19+/m0/s1. The molecule has 0 unspecified atom stereocenters. The molecule has 0 radical (unpaired) electrons. The summed E-state index contributed by atoms with van der Waals surface area (Å²) in [5.74, 6) is 2.75. The summed E-state index contributed by atoms with van der Waals surface area (Å²) in [4.78, 5) is 12.5. The summed E-state index contributed by atoms with van der Waals surface area (Å²) in [5.41, 5.74) is 2.48. The van der Waals surface area contributed by atoms with Crippen LogP contribution in [0.1, 0.15) is 62.5 Å². The molecular weight excluding hydrogens is 260 g/mol. The normalized spacial score (nSPS) is 38.3. The van der Waals surface area contributed by atoms with E-state index in [-0.39, 0.29) is 5.41 Å². The molecule has 0 aliphatic heterocycles. The predicted octanol–water partition coefficient (Wildman–Crippen LogP) is 4.21. The molecular formula is C19H24O2. The molecule has 21 heavy (non-hydrogen) atoms. The first-order valence-corrected chi connectivity index (χ1v) is 8.45. The van der Waals surface area contributed by atoms with Crippen molar-refractivity contribution in [1.29, 1.82) is 0 Å². The van der Waals surface area contributed by atoms with E-state index in [1.165, 1.54) is 17.5 Å². The van der Waals surface area contributed by atoms with Gasteiger partial charge in [0.2, 0.25) is 0 Å². The van der Waals surface area contributed by atoms with Crippen LogP contribution in [-0.4, -0.2) is 10.9 Å². The molecule has 2 nitrogen and oxygen atoms in total. The molecule has 3 aliphatic rings. The second-order valence-corrected chi connectivity index (χ2v) is 7.53. The van der Waals surface area contributed by atoms with Crippen LogP contribution in [0.25, 0.3) is 0 Å². The lowest BCUT2D eigenvalue weighted by Crippen LogP contribution is -2.49. The summed E-state index contributed by atoms with van der Waals surface area (Å²) in [6, 6.07) is 6.01. The van der Waals surface area contributed by atoms with Crippen LogP contribution in [0.15, 0.2) is 18.2 Å². The van der Waals surface area contributed by atoms with Crippen LogP contribution in [0, 0.1) is 17.3 Å². The summed E-state index contributed by atoms with van der Waals surface area (Å²) in [6.07, 6.45) is 7.36. The molecule has 4 atom stereocenters. The number of rotatable bonds is 0. The Kier molecular flexibility index (Phi) is 2.92. The minimum absolute atomic E-state index is 0.0618. The highest BCUT2D eigenvalue weighted by Gasteiger charge is 2.52. The number of phenols is 1. The van der Waals surface area contributed by atoms with E-state index in [1.54, 1.807) is 0 Å². The number of carbonyl (C=O) groups is 1. The summed E-state index contributed by atoms with van der Waals surface area (Å²) >= 11 is 0. The molecule has 1 aromatic carbocycles. The van der Waals surface area contributed by atoms with Gasteiger partial charge in [-0.15, -0.1) is 0 Å². The zero-order valence-electron chi connectivity index (χ0n) is 12.8. The fraction of sp³-hybridized carbons (Fsp3) is 0.632. The largest absolute Gasteiger partial charge is 0.508 e. The monoisotopic (exact) mass is 284 g/mol. The van der Waals surface area contributed by atoms with Crippen molar-refractivity contribution in [1.82, 2.24) is 0 Å². The molecule has 1 aromatic rings. The van der Waals surface area contributed by atoms with Gasteiger partial charge in [-0.05, 0) is 73.5 Å². The van der Waals surface area contributed by atoms with Gasteiger partial charge < -0.3 is 5.11 Å². The zero-order chi connectivity index (χ0) is 14.6. The van der Waals surface area contributed by atoms with Crippen LogP contribution in [0.5, 0.6) is 5.75 Å². The number of Topliss-reactive ketones (excluding diaryl/α,β-unsaturated/α-hetero) is 1. The molecule has 0 aromatic heterocycles. The topological polar surface area (TPSA) is 37.3 Å². The minimum Gasteiger partial charge on any atom is -0.508 e. The van der Waals surface area contributed by atoms with E-state index in [0.29, 0.717) is 29.3 Å². The van der Waals surface area contributed by atoms with Crippen LogP contribution in [-0.2, 0) is 11.2 Å². The molecule has 2 fully saturated rings. The van der Waals surface area contributed by atoms with Crippen molar-refractivity contribution in [2.24, 2.45) is 17.3 Å². The Labute approximate surface area is 126 Å². The Morgan fingerprint density at radius 3 is 2.90 bits per heavy atom. The second kappa shape index (κ2) is 4.59. The highest BCUT2D eigenvalue weighted by molar-refractivity contribution is 5.85. The summed E-state index contributed by atoms with van der Waals surface area (Å²) in [5, 5.41) is 10.1. The number of hydrogen-bond acceptors (Lipinski definition) is 2. The smallest absolute Gasteiger partial charge is 0.139 e. The molecule has 0 saturated heterocycles. The minimum atomic E-state index is -0.0618. The van der Waals surface area contributed by atoms with Gasteiger partial charge in [0.1, 0.15) is 11.5 Å². The molecule has 112 valence electrons. The van der Waals surface area contributed by atoms with Crippen molar-refractivity contribution in [2.75, 3.05) is 0 Å². The number of ketones is 1. The Hall–Kier alpha value is -1.31. The van der Waals surface area contributed by atoms with Crippen LogP contribution in [0.2, 0.25) is 0 Å². The number of aromatic hydroxyl groups is 1. The van der Waals surface area contributed by atoms with Crippen LogP contribution in [0.3, 0.4) is 0 Å². The van der Waals surface area contributed by atoms with Crippen molar-refractivity contribution < 1.29 is 9.90 Å². The van der Waals surface area contributed by atoms with Gasteiger partial charge in [0.15, 0.2) is 0 Å². The predicted molar refractivity (Wildman–Crippen MR) is 82.3 cm³/mol. The maximum Gasteiger partial charge on any atom is 0.139 e. The molecule has 0 amide bonds. The number of carbonyl (C=O) groups excluding carboxylic acids is 1. The van der Waals surface area contributed by atoms with Gasteiger partial charge in [-0.3, -0.25) is 4.79 Å². The van der Waals surface area contributed by atoms with E-state index >= 15 is 0 Å². The fourth-order valence-corrected chi connectivity index (χ4v) is 5.57. The van der Waals surface area contributed by atoms with Crippen LogP contribution >= 0.6 is 0 Å². The van der Waals surface area contributed by atoms with Crippen LogP contribution < -0.4 is 0 Å². The van der Waals surface area contributed by atoms with Gasteiger partial charge in [-0.1, -0.05) is 19.1 Å². The van der Waals surface area contributed by atoms with E-state index in [9.17, 15) is 9.90 Å². The first-order chi connectivity index (χ1) is 10.1. The maximum absolute atomic E-state index is 12.5. The molecule has 2 heteroatoms. The quantitative estimate of drug-likeness (QED) is 0.775. The summed E-state index contributed by atoms with van der Waals surface area (Å²) in [6.45, 7) is 2.23. The van der Waals surface area contributed by atoms with E-state index in [4.69, 9.17) is 0 Å². The van der Waals surface area contributed by atoms with Crippen molar-refractivity contribution >= 4 is 5.78 Å². The lowest BCUT2D eigenvalue weighted by Gasteiger charge is -2.53. The first kappa shape index (κ1) is 13.4. The number of phenolic OH excluding ortho intramolecular Hbond substituents is 1. The van der Waals surface area contributed by atoms with Gasteiger partial charge in [0, 0.05) is 11.8 Å². The van der Waals surface area contributed by atoms with Gasteiger partial charge in [-0.25, -0.2) is 0 Å². The molecule has 4 rings (SSSR count). The van der Waals surface area contributed by atoms with E-state index in [2.05, 4.69) is 13.0 Å². The lowest BCUT2D eigenvalue weighted by molar-refractivity contribution is -0.140. The van der Waals surface area contributed by atoms with E-state index in [1.807, 2.05) is 12.1 Å². The average Bonchev–Trinajstić information content (AvgIpc) is 2.48. The number of benzene rings is 1. The van der Waals surface area contributed by atoms with Gasteiger partial charge in [-0.2, -0.15) is 0 Å². The Balaban J connectivity index is 1.74. The Bertz CT molecular complexity index is 591. The summed E-state index contributed by atoms with van der Waals surface area (Å²) in [7, 11) is 0. The van der Waals surface area contributed by atoms with Gasteiger partial charge in [0.25, 0.3) is 0 Å². The molecule has 1 N–H and O–H groups in total. The van der Waals surface area contributed by atoms with Gasteiger partial charge >= 0.3 is 0 Å². The molecule has 3 aliphatic carbocycles. The van der Waals surface area contributed by atoms with Crippen LogP contribution in [0.4, 0.5) is 0 Å². The molecule has 0 heterocycles. The van der Waals surface area contributed by atoms with Crippen molar-refractivity contribution in [2.45, 2.75) is 57.8 Å². The first-order valence-electron chi connectivity index (χ1n) is 8.45.